The summed E-state index contributed by atoms with van der Waals surface area (Å²) >= 11 is 0. The van der Waals surface area contributed by atoms with Crippen molar-refractivity contribution in [3.63, 3.8) is 0 Å². The summed E-state index contributed by atoms with van der Waals surface area (Å²) in [5.41, 5.74) is 1.15. The zero-order valence-corrected chi connectivity index (χ0v) is 8.51. The highest BCUT2D eigenvalue weighted by Crippen LogP contribution is 2.27. The second-order valence-corrected chi connectivity index (χ2v) is 3.27. The molecule has 1 aromatic rings. The summed E-state index contributed by atoms with van der Waals surface area (Å²) in [7, 11) is 1.42. The number of nitrogens with zero attached hydrogens (tertiary/aromatic N) is 3. The van der Waals surface area contributed by atoms with Crippen LogP contribution in [0.25, 0.3) is 0 Å². The second kappa shape index (κ2) is 3.76. The van der Waals surface area contributed by atoms with E-state index >= 15 is 0 Å². The largest absolute Gasteiger partial charge is 0.481 e. The van der Waals surface area contributed by atoms with Crippen molar-refractivity contribution in [2.75, 3.05) is 7.11 Å². The van der Waals surface area contributed by atoms with Gasteiger partial charge in [-0.1, -0.05) is 0 Å². The van der Waals surface area contributed by atoms with Crippen molar-refractivity contribution in [3.8, 4) is 5.88 Å². The van der Waals surface area contributed by atoms with Gasteiger partial charge in [-0.25, -0.2) is 9.78 Å². The Morgan fingerprint density at radius 2 is 2.25 bits per heavy atom. The van der Waals surface area contributed by atoms with E-state index < -0.39 is 6.09 Å². The molecule has 0 bridgehead atoms. The van der Waals surface area contributed by atoms with E-state index in [0.717, 1.165) is 0 Å². The van der Waals surface area contributed by atoms with E-state index in [0.29, 0.717) is 17.5 Å². The lowest BCUT2D eigenvalue weighted by atomic mass is 10.2. The summed E-state index contributed by atoms with van der Waals surface area (Å²) in [4.78, 5) is 30.4. The lowest BCUT2D eigenvalue weighted by Crippen LogP contribution is -2.22. The predicted molar refractivity (Wildman–Crippen MR) is 51.2 cm³/mol. The van der Waals surface area contributed by atoms with Gasteiger partial charge < -0.3 is 9.84 Å². The van der Waals surface area contributed by atoms with Crippen LogP contribution >= 0.6 is 0 Å². The first-order chi connectivity index (χ1) is 7.65. The van der Waals surface area contributed by atoms with Crippen LogP contribution in [-0.2, 0) is 13.1 Å². The molecule has 1 N–H and O–H groups in total. The van der Waals surface area contributed by atoms with Crippen molar-refractivity contribution >= 4 is 12.4 Å². The summed E-state index contributed by atoms with van der Waals surface area (Å²) in [6.45, 7) is 0.345. The van der Waals surface area contributed by atoms with Gasteiger partial charge >= 0.3 is 6.09 Å². The third-order valence-corrected chi connectivity index (χ3v) is 2.33. The number of hydrogen-bond acceptors (Lipinski definition) is 5. The Hall–Kier alpha value is -2.18. The fraction of sp³-hybridized carbons (Fsp3) is 0.333. The van der Waals surface area contributed by atoms with E-state index in [1.807, 2.05) is 0 Å². The normalized spacial score (nSPS) is 13.4. The molecule has 1 aliphatic heterocycles. The standard InChI is InChI=1S/C9H9N3O4/c1-16-8-5-2-12(9(14)15)3-6(5)10-7(4-13)11-8/h4H,2-3H2,1H3,(H,14,15). The summed E-state index contributed by atoms with van der Waals surface area (Å²) in [6, 6.07) is 0. The number of carboxylic acid groups (broad SMARTS) is 1. The highest BCUT2D eigenvalue weighted by atomic mass is 16.5. The Morgan fingerprint density at radius 3 is 2.81 bits per heavy atom. The average molecular weight is 223 g/mol. The molecule has 1 amide bonds. The fourth-order valence-electron chi connectivity index (χ4n) is 1.60. The van der Waals surface area contributed by atoms with E-state index in [2.05, 4.69) is 9.97 Å². The summed E-state index contributed by atoms with van der Waals surface area (Å²) < 4.78 is 5.00. The van der Waals surface area contributed by atoms with Gasteiger partial charge in [-0.15, -0.1) is 0 Å². The van der Waals surface area contributed by atoms with Crippen LogP contribution < -0.4 is 4.74 Å². The number of methoxy groups -OCH3 is 1. The number of fused-ring (bicyclic) bond motifs is 1. The van der Waals surface area contributed by atoms with Crippen LogP contribution in [0.5, 0.6) is 5.88 Å². The van der Waals surface area contributed by atoms with E-state index in [9.17, 15) is 9.59 Å². The zero-order chi connectivity index (χ0) is 11.7. The first-order valence-corrected chi connectivity index (χ1v) is 4.52. The molecule has 0 spiro atoms. The molecular formula is C9H9N3O4. The molecule has 2 rings (SSSR count). The Morgan fingerprint density at radius 1 is 1.50 bits per heavy atom. The lowest BCUT2D eigenvalue weighted by molar-refractivity contribution is 0.111. The number of aldehydes is 1. The average Bonchev–Trinajstić information content (AvgIpc) is 2.71. The van der Waals surface area contributed by atoms with E-state index in [1.165, 1.54) is 12.0 Å². The van der Waals surface area contributed by atoms with Gasteiger partial charge in [0.05, 0.1) is 31.5 Å². The van der Waals surface area contributed by atoms with Gasteiger partial charge in [0.1, 0.15) is 0 Å². The minimum atomic E-state index is -1.03. The molecule has 7 nitrogen and oxygen atoms in total. The Labute approximate surface area is 90.7 Å². The summed E-state index contributed by atoms with van der Waals surface area (Å²) in [5, 5.41) is 8.84. The van der Waals surface area contributed by atoms with Crippen molar-refractivity contribution in [2.24, 2.45) is 0 Å². The second-order valence-electron chi connectivity index (χ2n) is 3.27. The molecule has 1 aliphatic rings. The van der Waals surface area contributed by atoms with E-state index in [-0.39, 0.29) is 24.8 Å². The minimum Gasteiger partial charge on any atom is -0.481 e. The van der Waals surface area contributed by atoms with Crippen LogP contribution in [-0.4, -0.2) is 39.5 Å². The van der Waals surface area contributed by atoms with Gasteiger partial charge in [-0.3, -0.25) is 9.69 Å². The molecule has 0 aromatic carbocycles. The van der Waals surface area contributed by atoms with Crippen molar-refractivity contribution in [1.82, 2.24) is 14.9 Å². The van der Waals surface area contributed by atoms with Crippen LogP contribution in [0.2, 0.25) is 0 Å². The molecule has 2 heterocycles. The third-order valence-electron chi connectivity index (χ3n) is 2.33. The Balaban J connectivity index is 2.43. The molecule has 0 atom stereocenters. The maximum atomic E-state index is 10.8. The summed E-state index contributed by atoms with van der Waals surface area (Å²) in [5.74, 6) is 0.263. The SMILES string of the molecule is COc1nc(C=O)nc2c1CN(C(=O)O)C2. The van der Waals surface area contributed by atoms with Crippen molar-refractivity contribution in [2.45, 2.75) is 13.1 Å². The topological polar surface area (TPSA) is 92.6 Å². The molecular weight excluding hydrogens is 214 g/mol. The monoisotopic (exact) mass is 223 g/mol. The van der Waals surface area contributed by atoms with E-state index in [4.69, 9.17) is 9.84 Å². The number of aromatic nitrogens is 2. The first kappa shape index (κ1) is 10.3. The number of ether oxygens (including phenoxy) is 1. The molecule has 1 aromatic heterocycles. The van der Waals surface area contributed by atoms with Gasteiger partial charge in [-0.2, -0.15) is 4.98 Å². The van der Waals surface area contributed by atoms with Crippen LogP contribution in [0.3, 0.4) is 0 Å². The van der Waals surface area contributed by atoms with Gasteiger partial charge in [0, 0.05) is 0 Å². The number of carbonyl (C=O) groups excluding carboxylic acids is 1. The number of rotatable bonds is 2. The van der Waals surface area contributed by atoms with Crippen LogP contribution in [0, 0.1) is 0 Å². The highest BCUT2D eigenvalue weighted by molar-refractivity contribution is 5.70. The smallest absolute Gasteiger partial charge is 0.407 e. The van der Waals surface area contributed by atoms with Crippen molar-refractivity contribution < 1.29 is 19.4 Å². The minimum absolute atomic E-state index is 0.00263. The molecule has 7 heteroatoms. The first-order valence-electron chi connectivity index (χ1n) is 4.52. The van der Waals surface area contributed by atoms with Crippen molar-refractivity contribution in [3.05, 3.63) is 17.1 Å². The lowest BCUT2D eigenvalue weighted by Gasteiger charge is -2.08. The van der Waals surface area contributed by atoms with Gasteiger partial charge in [0.25, 0.3) is 0 Å². The molecule has 0 radical (unpaired) electrons. The van der Waals surface area contributed by atoms with Gasteiger partial charge in [-0.05, 0) is 0 Å². The highest BCUT2D eigenvalue weighted by Gasteiger charge is 2.28. The predicted octanol–water partition coefficient (Wildman–Crippen LogP) is 0.291. The van der Waals surface area contributed by atoms with Crippen LogP contribution in [0.15, 0.2) is 0 Å². The maximum Gasteiger partial charge on any atom is 0.407 e. The Bertz CT molecular complexity index is 460. The quantitative estimate of drug-likeness (QED) is 0.724. The number of amides is 1. The van der Waals surface area contributed by atoms with Crippen LogP contribution in [0.4, 0.5) is 4.79 Å². The molecule has 84 valence electrons. The van der Waals surface area contributed by atoms with Gasteiger partial charge in [0.15, 0.2) is 12.1 Å². The molecule has 0 saturated carbocycles. The van der Waals surface area contributed by atoms with Gasteiger partial charge in [0.2, 0.25) is 5.88 Å². The molecule has 0 fully saturated rings. The van der Waals surface area contributed by atoms with Crippen molar-refractivity contribution in [1.29, 1.82) is 0 Å². The molecule has 0 aliphatic carbocycles. The summed E-state index contributed by atoms with van der Waals surface area (Å²) in [6.07, 6.45) is -0.528. The molecule has 0 unspecified atom stereocenters. The molecule has 0 saturated heterocycles. The van der Waals surface area contributed by atoms with Crippen LogP contribution in [0.1, 0.15) is 21.9 Å². The third kappa shape index (κ3) is 1.56. The number of carbonyl (C=O) groups is 2. The fourth-order valence-corrected chi connectivity index (χ4v) is 1.60. The van der Waals surface area contributed by atoms with E-state index in [1.54, 1.807) is 0 Å². The zero-order valence-electron chi connectivity index (χ0n) is 8.51. The molecule has 16 heavy (non-hydrogen) atoms. The number of hydrogen-bond donors (Lipinski definition) is 1. The Kier molecular flexibility index (Phi) is 2.43. The maximum absolute atomic E-state index is 10.8.